The van der Waals surface area contributed by atoms with E-state index in [1.54, 1.807) is 36.4 Å². The molecule has 1 unspecified atom stereocenters. The van der Waals surface area contributed by atoms with Gasteiger partial charge < -0.3 is 14.7 Å². The molecule has 1 heterocycles. The highest BCUT2D eigenvalue weighted by Gasteiger charge is 2.45. The molecule has 2 aromatic rings. The van der Waals surface area contributed by atoms with Crippen molar-refractivity contribution in [2.24, 2.45) is 0 Å². The van der Waals surface area contributed by atoms with Gasteiger partial charge in [0.1, 0.15) is 17.3 Å². The third kappa shape index (κ3) is 4.37. The van der Waals surface area contributed by atoms with E-state index in [9.17, 15) is 19.1 Å². The molecular weight excluding hydrogens is 385 g/mol. The smallest absolute Gasteiger partial charge is 0.295 e. The SMILES string of the molecule is CCCCN1C(=O)C(=O)/C(=C(\O)c2cccc(OCCC)c2)C1c1ccc(F)cc1. The number of carbonyl (C=O) groups excluding carboxylic acids is 2. The monoisotopic (exact) mass is 411 g/mol. The summed E-state index contributed by atoms with van der Waals surface area (Å²) in [5, 5.41) is 11.0. The van der Waals surface area contributed by atoms with Crippen LogP contribution in [0.4, 0.5) is 4.39 Å². The Bertz CT molecular complexity index is 952. The molecule has 1 aliphatic rings. The lowest BCUT2D eigenvalue weighted by molar-refractivity contribution is -0.139. The standard InChI is InChI=1S/C24H26FNO4/c1-3-5-13-26-21(16-9-11-18(25)12-10-16)20(23(28)24(26)29)22(27)17-7-6-8-19(15-17)30-14-4-2/h6-12,15,21,27H,3-5,13-14H2,1-2H3/b22-20-. The minimum atomic E-state index is -0.766. The first-order chi connectivity index (χ1) is 14.5. The van der Waals surface area contributed by atoms with Crippen molar-refractivity contribution in [3.63, 3.8) is 0 Å². The van der Waals surface area contributed by atoms with Gasteiger partial charge in [0.25, 0.3) is 11.7 Å². The highest BCUT2D eigenvalue weighted by atomic mass is 19.1. The van der Waals surface area contributed by atoms with Crippen molar-refractivity contribution in [1.29, 1.82) is 0 Å². The number of likely N-dealkylation sites (tertiary alicyclic amines) is 1. The van der Waals surface area contributed by atoms with Gasteiger partial charge in [0.15, 0.2) is 0 Å². The van der Waals surface area contributed by atoms with Crippen LogP contribution in [0.3, 0.4) is 0 Å². The lowest BCUT2D eigenvalue weighted by Crippen LogP contribution is -2.30. The lowest BCUT2D eigenvalue weighted by atomic mass is 9.95. The first-order valence-electron chi connectivity index (χ1n) is 10.2. The molecule has 1 fully saturated rings. The fourth-order valence-electron chi connectivity index (χ4n) is 3.54. The molecular formula is C24H26FNO4. The number of ketones is 1. The zero-order valence-corrected chi connectivity index (χ0v) is 17.2. The van der Waals surface area contributed by atoms with Gasteiger partial charge in [-0.1, -0.05) is 44.5 Å². The average molecular weight is 411 g/mol. The van der Waals surface area contributed by atoms with Gasteiger partial charge in [0.2, 0.25) is 0 Å². The second-order valence-electron chi connectivity index (χ2n) is 7.27. The number of unbranched alkanes of at least 4 members (excludes halogenated alkanes) is 1. The number of ether oxygens (including phenoxy) is 1. The zero-order valence-electron chi connectivity index (χ0n) is 17.2. The number of halogens is 1. The van der Waals surface area contributed by atoms with Crippen molar-refractivity contribution in [1.82, 2.24) is 4.90 Å². The number of hydrogen-bond donors (Lipinski definition) is 1. The van der Waals surface area contributed by atoms with E-state index in [1.165, 1.54) is 17.0 Å². The molecule has 2 aromatic carbocycles. The minimum Gasteiger partial charge on any atom is -0.507 e. The number of aliphatic hydroxyl groups is 1. The third-order valence-electron chi connectivity index (χ3n) is 5.06. The van der Waals surface area contributed by atoms with E-state index in [1.807, 2.05) is 13.8 Å². The predicted molar refractivity (Wildman–Crippen MR) is 113 cm³/mol. The molecule has 1 N–H and O–H groups in total. The van der Waals surface area contributed by atoms with Crippen molar-refractivity contribution in [2.75, 3.05) is 13.2 Å². The van der Waals surface area contributed by atoms with Crippen LogP contribution in [0.25, 0.3) is 5.76 Å². The molecule has 0 spiro atoms. The van der Waals surface area contributed by atoms with Crippen molar-refractivity contribution in [2.45, 2.75) is 39.2 Å². The molecule has 5 nitrogen and oxygen atoms in total. The summed E-state index contributed by atoms with van der Waals surface area (Å²) in [6.45, 7) is 4.89. The fraction of sp³-hybridized carbons (Fsp3) is 0.333. The van der Waals surface area contributed by atoms with Crippen molar-refractivity contribution < 1.29 is 23.8 Å². The van der Waals surface area contributed by atoms with Gasteiger partial charge in [-0.2, -0.15) is 0 Å². The van der Waals surface area contributed by atoms with E-state index in [0.717, 1.165) is 12.8 Å². The van der Waals surface area contributed by atoms with Crippen molar-refractivity contribution >= 4 is 17.4 Å². The summed E-state index contributed by atoms with van der Waals surface area (Å²) in [5.41, 5.74) is 0.978. The molecule has 1 atom stereocenters. The number of nitrogens with zero attached hydrogens (tertiary/aromatic N) is 1. The predicted octanol–water partition coefficient (Wildman–Crippen LogP) is 4.84. The Morgan fingerprint density at radius 2 is 1.83 bits per heavy atom. The second-order valence-corrected chi connectivity index (χ2v) is 7.27. The Kier molecular flexibility index (Phi) is 6.87. The van der Waals surface area contributed by atoms with Crippen LogP contribution in [-0.2, 0) is 9.59 Å². The number of amides is 1. The summed E-state index contributed by atoms with van der Waals surface area (Å²) in [5.74, 6) is -1.50. The van der Waals surface area contributed by atoms with Crippen LogP contribution in [0.2, 0.25) is 0 Å². The topological polar surface area (TPSA) is 66.8 Å². The van der Waals surface area contributed by atoms with Crippen molar-refractivity contribution in [3.05, 3.63) is 71.0 Å². The van der Waals surface area contributed by atoms with Gasteiger partial charge in [-0.25, -0.2) is 4.39 Å². The van der Waals surface area contributed by atoms with E-state index >= 15 is 0 Å². The molecule has 1 aliphatic heterocycles. The first kappa shape index (κ1) is 21.6. The summed E-state index contributed by atoms with van der Waals surface area (Å²) < 4.78 is 19.1. The third-order valence-corrected chi connectivity index (χ3v) is 5.06. The molecule has 158 valence electrons. The number of Topliss-reactive ketones (excluding diaryl/α,β-unsaturated/α-hetero) is 1. The summed E-state index contributed by atoms with van der Waals surface area (Å²) >= 11 is 0. The van der Waals surface area contributed by atoms with Crippen LogP contribution in [0.15, 0.2) is 54.1 Å². The van der Waals surface area contributed by atoms with Crippen LogP contribution in [0, 0.1) is 5.82 Å². The van der Waals surface area contributed by atoms with Gasteiger partial charge in [-0.05, 0) is 42.7 Å². The molecule has 0 aromatic heterocycles. The van der Waals surface area contributed by atoms with Gasteiger partial charge in [-0.3, -0.25) is 9.59 Å². The maximum Gasteiger partial charge on any atom is 0.295 e. The van der Waals surface area contributed by atoms with E-state index in [4.69, 9.17) is 4.74 Å². The van der Waals surface area contributed by atoms with E-state index in [-0.39, 0.29) is 11.3 Å². The van der Waals surface area contributed by atoms with Crippen LogP contribution in [-0.4, -0.2) is 34.8 Å². The number of rotatable bonds is 8. The average Bonchev–Trinajstić information content (AvgIpc) is 3.01. The summed E-state index contributed by atoms with van der Waals surface area (Å²) in [4.78, 5) is 27.1. The van der Waals surface area contributed by atoms with Gasteiger partial charge in [0, 0.05) is 12.1 Å². The minimum absolute atomic E-state index is 0.00959. The molecule has 30 heavy (non-hydrogen) atoms. The number of hydrogen-bond acceptors (Lipinski definition) is 4. The van der Waals surface area contributed by atoms with Crippen LogP contribution >= 0.6 is 0 Å². The summed E-state index contributed by atoms with van der Waals surface area (Å²) in [6, 6.07) is 11.7. The Balaban J connectivity index is 2.10. The molecule has 0 saturated carbocycles. The molecule has 0 radical (unpaired) electrons. The van der Waals surface area contributed by atoms with Crippen molar-refractivity contribution in [3.8, 4) is 5.75 Å². The first-order valence-corrected chi connectivity index (χ1v) is 10.2. The molecule has 1 saturated heterocycles. The van der Waals surface area contributed by atoms with Gasteiger partial charge >= 0.3 is 0 Å². The molecule has 1 amide bonds. The van der Waals surface area contributed by atoms with Crippen LogP contribution < -0.4 is 4.74 Å². The van der Waals surface area contributed by atoms with Gasteiger partial charge in [-0.15, -0.1) is 0 Å². The lowest BCUT2D eigenvalue weighted by Gasteiger charge is -2.25. The van der Waals surface area contributed by atoms with E-state index in [0.29, 0.717) is 36.4 Å². The summed E-state index contributed by atoms with van der Waals surface area (Å²) in [7, 11) is 0. The number of carbonyl (C=O) groups is 2. The molecule has 0 aliphatic carbocycles. The Morgan fingerprint density at radius 1 is 1.10 bits per heavy atom. The van der Waals surface area contributed by atoms with E-state index in [2.05, 4.69) is 0 Å². The Labute approximate surface area is 175 Å². The maximum absolute atomic E-state index is 13.5. The number of benzene rings is 2. The normalized spacial score (nSPS) is 18.1. The Hall–Kier alpha value is -3.15. The zero-order chi connectivity index (χ0) is 21.7. The number of aliphatic hydroxyl groups excluding tert-OH is 1. The quantitative estimate of drug-likeness (QED) is 0.384. The molecule has 6 heteroatoms. The maximum atomic E-state index is 13.5. The Morgan fingerprint density at radius 3 is 2.50 bits per heavy atom. The fourth-order valence-corrected chi connectivity index (χ4v) is 3.54. The van der Waals surface area contributed by atoms with Crippen LogP contribution in [0.1, 0.15) is 50.3 Å². The highest BCUT2D eigenvalue weighted by Crippen LogP contribution is 2.39. The second kappa shape index (κ2) is 9.57. The summed E-state index contributed by atoms with van der Waals surface area (Å²) in [6.07, 6.45) is 2.39. The van der Waals surface area contributed by atoms with Crippen LogP contribution in [0.5, 0.6) is 5.75 Å². The molecule has 3 rings (SSSR count). The van der Waals surface area contributed by atoms with E-state index < -0.39 is 23.5 Å². The van der Waals surface area contributed by atoms with Gasteiger partial charge in [0.05, 0.1) is 18.2 Å². The largest absolute Gasteiger partial charge is 0.507 e. The molecule has 0 bridgehead atoms. The highest BCUT2D eigenvalue weighted by molar-refractivity contribution is 6.46.